The van der Waals surface area contributed by atoms with Gasteiger partial charge >= 0.3 is 0 Å². The van der Waals surface area contributed by atoms with Crippen LogP contribution in [0, 0.1) is 0 Å². The van der Waals surface area contributed by atoms with E-state index < -0.39 is 0 Å². The number of hydrogen-bond donors (Lipinski definition) is 1. The Morgan fingerprint density at radius 1 is 1.50 bits per heavy atom. The Labute approximate surface area is 84.3 Å². The van der Waals surface area contributed by atoms with Gasteiger partial charge < -0.3 is 10.5 Å². The summed E-state index contributed by atoms with van der Waals surface area (Å²) in [5.74, 6) is 0.860. The van der Waals surface area contributed by atoms with Crippen LogP contribution in [0.1, 0.15) is 37.9 Å². The van der Waals surface area contributed by atoms with Crippen LogP contribution in [0.25, 0.3) is 0 Å². The summed E-state index contributed by atoms with van der Waals surface area (Å²) >= 11 is 0. The van der Waals surface area contributed by atoms with Gasteiger partial charge in [0.2, 0.25) is 0 Å². The van der Waals surface area contributed by atoms with Crippen LogP contribution in [-0.4, -0.2) is 11.1 Å². The van der Waals surface area contributed by atoms with E-state index in [1.807, 2.05) is 19.1 Å². The molecule has 76 valence electrons. The highest BCUT2D eigenvalue weighted by atomic mass is 16.5. The van der Waals surface area contributed by atoms with Gasteiger partial charge in [0.05, 0.1) is 18.0 Å². The monoisotopic (exact) mass is 192 g/mol. The third kappa shape index (κ3) is 2.04. The van der Waals surface area contributed by atoms with E-state index in [0.29, 0.717) is 6.10 Å². The van der Waals surface area contributed by atoms with Gasteiger partial charge in [-0.1, -0.05) is 0 Å². The number of rotatable bonds is 3. The molecule has 0 saturated heterocycles. The van der Waals surface area contributed by atoms with Crippen LogP contribution in [0.3, 0.4) is 0 Å². The first kappa shape index (κ1) is 9.46. The molecule has 1 heterocycles. The highest BCUT2D eigenvalue weighted by Gasteiger charge is 2.18. The average molecular weight is 192 g/mol. The lowest BCUT2D eigenvalue weighted by atomic mass is 9.96. The highest BCUT2D eigenvalue weighted by molar-refractivity contribution is 5.21. The lowest BCUT2D eigenvalue weighted by molar-refractivity contribution is 0.120. The van der Waals surface area contributed by atoms with Crippen LogP contribution in [-0.2, 0) is 0 Å². The molecule has 3 nitrogen and oxygen atoms in total. The molecule has 0 radical (unpaired) electrons. The van der Waals surface area contributed by atoms with Crippen molar-refractivity contribution < 1.29 is 4.74 Å². The summed E-state index contributed by atoms with van der Waals surface area (Å²) in [4.78, 5) is 4.24. The van der Waals surface area contributed by atoms with Gasteiger partial charge in [0.1, 0.15) is 5.75 Å². The van der Waals surface area contributed by atoms with E-state index in [1.165, 1.54) is 19.3 Å². The molecular formula is C11H16N2O. The maximum Gasteiger partial charge on any atom is 0.138 e. The van der Waals surface area contributed by atoms with Crippen molar-refractivity contribution >= 4 is 0 Å². The molecule has 1 saturated carbocycles. The summed E-state index contributed by atoms with van der Waals surface area (Å²) in [5, 5.41) is 0. The number of hydrogen-bond acceptors (Lipinski definition) is 3. The first-order valence-electron chi connectivity index (χ1n) is 5.14. The molecule has 0 spiro atoms. The second kappa shape index (κ2) is 3.96. The van der Waals surface area contributed by atoms with Crippen LogP contribution < -0.4 is 10.5 Å². The van der Waals surface area contributed by atoms with Crippen molar-refractivity contribution in [2.45, 2.75) is 38.3 Å². The van der Waals surface area contributed by atoms with E-state index in [2.05, 4.69) is 4.98 Å². The quantitative estimate of drug-likeness (QED) is 0.797. The van der Waals surface area contributed by atoms with Crippen molar-refractivity contribution in [1.82, 2.24) is 4.98 Å². The topological polar surface area (TPSA) is 48.1 Å². The van der Waals surface area contributed by atoms with Crippen LogP contribution in [0.2, 0.25) is 0 Å². The third-order valence-corrected chi connectivity index (χ3v) is 2.58. The number of ether oxygens (including phenoxy) is 1. The standard InChI is InChI=1S/C11H16N2O/c1-8(12)11-6-5-10(7-13-11)14-9-3-2-4-9/h5-9H,2-4,12H2,1H3. The molecule has 0 aromatic carbocycles. The zero-order valence-electron chi connectivity index (χ0n) is 8.44. The lowest BCUT2D eigenvalue weighted by Crippen LogP contribution is -2.24. The van der Waals surface area contributed by atoms with Crippen molar-refractivity contribution in [3.63, 3.8) is 0 Å². The zero-order valence-corrected chi connectivity index (χ0v) is 8.44. The number of pyridine rings is 1. The first-order valence-corrected chi connectivity index (χ1v) is 5.14. The fourth-order valence-corrected chi connectivity index (χ4v) is 1.41. The van der Waals surface area contributed by atoms with Crippen molar-refractivity contribution in [3.8, 4) is 5.75 Å². The van der Waals surface area contributed by atoms with E-state index in [9.17, 15) is 0 Å². The van der Waals surface area contributed by atoms with E-state index in [4.69, 9.17) is 10.5 Å². The fourth-order valence-electron chi connectivity index (χ4n) is 1.41. The molecule has 2 N–H and O–H groups in total. The molecule has 1 aromatic rings. The Bertz CT molecular complexity index is 291. The zero-order chi connectivity index (χ0) is 9.97. The first-order chi connectivity index (χ1) is 6.75. The summed E-state index contributed by atoms with van der Waals surface area (Å²) in [6.45, 7) is 1.93. The molecule has 1 atom stereocenters. The largest absolute Gasteiger partial charge is 0.489 e. The van der Waals surface area contributed by atoms with Gasteiger partial charge in [0.15, 0.2) is 0 Å². The molecular weight excluding hydrogens is 176 g/mol. The summed E-state index contributed by atoms with van der Waals surface area (Å²) in [6, 6.07) is 3.87. The molecule has 0 amide bonds. The number of aromatic nitrogens is 1. The molecule has 3 heteroatoms. The molecule has 0 aliphatic heterocycles. The van der Waals surface area contributed by atoms with Gasteiger partial charge in [-0.15, -0.1) is 0 Å². The summed E-state index contributed by atoms with van der Waals surface area (Å²) in [6.07, 6.45) is 5.81. The Balaban J connectivity index is 1.98. The summed E-state index contributed by atoms with van der Waals surface area (Å²) in [5.41, 5.74) is 6.61. The van der Waals surface area contributed by atoms with E-state index in [1.54, 1.807) is 6.20 Å². The average Bonchev–Trinajstić information content (AvgIpc) is 2.12. The Morgan fingerprint density at radius 3 is 2.71 bits per heavy atom. The Kier molecular flexibility index (Phi) is 2.68. The summed E-state index contributed by atoms with van der Waals surface area (Å²) in [7, 11) is 0. The fraction of sp³-hybridized carbons (Fsp3) is 0.545. The van der Waals surface area contributed by atoms with E-state index in [0.717, 1.165) is 11.4 Å². The maximum absolute atomic E-state index is 5.70. The van der Waals surface area contributed by atoms with Crippen LogP contribution in [0.5, 0.6) is 5.75 Å². The molecule has 1 aliphatic rings. The van der Waals surface area contributed by atoms with Gasteiger partial charge in [-0.25, -0.2) is 0 Å². The molecule has 2 rings (SSSR count). The molecule has 1 fully saturated rings. The minimum atomic E-state index is -0.00671. The lowest BCUT2D eigenvalue weighted by Gasteiger charge is -2.26. The van der Waals surface area contributed by atoms with Crippen LogP contribution >= 0.6 is 0 Å². The molecule has 1 unspecified atom stereocenters. The molecule has 0 bridgehead atoms. The Morgan fingerprint density at radius 2 is 2.29 bits per heavy atom. The minimum absolute atomic E-state index is 0.00671. The van der Waals surface area contributed by atoms with E-state index >= 15 is 0 Å². The van der Waals surface area contributed by atoms with Crippen molar-refractivity contribution in [2.24, 2.45) is 5.73 Å². The second-order valence-corrected chi connectivity index (χ2v) is 3.88. The molecule has 14 heavy (non-hydrogen) atoms. The predicted octanol–water partition coefficient (Wildman–Crippen LogP) is 2.03. The van der Waals surface area contributed by atoms with Crippen molar-refractivity contribution in [3.05, 3.63) is 24.0 Å². The number of nitrogens with two attached hydrogens (primary N) is 1. The van der Waals surface area contributed by atoms with Crippen LogP contribution in [0.15, 0.2) is 18.3 Å². The SMILES string of the molecule is CC(N)c1ccc(OC2CCC2)cn1. The summed E-state index contributed by atoms with van der Waals surface area (Å²) < 4.78 is 5.68. The molecule has 1 aromatic heterocycles. The maximum atomic E-state index is 5.70. The van der Waals surface area contributed by atoms with Crippen molar-refractivity contribution in [2.75, 3.05) is 0 Å². The van der Waals surface area contributed by atoms with Crippen LogP contribution in [0.4, 0.5) is 0 Å². The normalized spacial score (nSPS) is 18.7. The second-order valence-electron chi connectivity index (χ2n) is 3.88. The minimum Gasteiger partial charge on any atom is -0.489 e. The predicted molar refractivity (Wildman–Crippen MR) is 55.1 cm³/mol. The van der Waals surface area contributed by atoms with Gasteiger partial charge in [0.25, 0.3) is 0 Å². The molecule has 1 aliphatic carbocycles. The Hall–Kier alpha value is -1.09. The third-order valence-electron chi connectivity index (χ3n) is 2.58. The van der Waals surface area contributed by atoms with Crippen molar-refractivity contribution in [1.29, 1.82) is 0 Å². The van der Waals surface area contributed by atoms with Gasteiger partial charge in [-0.2, -0.15) is 0 Å². The van der Waals surface area contributed by atoms with Gasteiger partial charge in [-0.3, -0.25) is 4.98 Å². The van der Waals surface area contributed by atoms with E-state index in [-0.39, 0.29) is 6.04 Å². The van der Waals surface area contributed by atoms with Gasteiger partial charge in [0, 0.05) is 6.04 Å². The number of nitrogens with zero attached hydrogens (tertiary/aromatic N) is 1. The smallest absolute Gasteiger partial charge is 0.138 e. The highest BCUT2D eigenvalue weighted by Crippen LogP contribution is 2.24. The van der Waals surface area contributed by atoms with Gasteiger partial charge in [-0.05, 0) is 38.3 Å².